The molecule has 0 unspecified atom stereocenters. The zero-order valence-corrected chi connectivity index (χ0v) is 15.5. The lowest BCUT2D eigenvalue weighted by molar-refractivity contribution is -0.384. The van der Waals surface area contributed by atoms with E-state index in [2.05, 4.69) is 4.74 Å². The summed E-state index contributed by atoms with van der Waals surface area (Å²) in [5.41, 5.74) is 1.26. The number of nitro benzene ring substituents is 1. The molecular formula is C19H14N2O6S. The summed E-state index contributed by atoms with van der Waals surface area (Å²) in [4.78, 5) is 48.1. The van der Waals surface area contributed by atoms with E-state index in [1.165, 1.54) is 31.4 Å². The van der Waals surface area contributed by atoms with Crippen LogP contribution in [0.2, 0.25) is 0 Å². The number of hydrogen-bond acceptors (Lipinski definition) is 7. The summed E-state index contributed by atoms with van der Waals surface area (Å²) in [5.74, 6) is -1.01. The predicted octanol–water partition coefficient (Wildman–Crippen LogP) is 3.62. The number of nitrogens with zero attached hydrogens (tertiary/aromatic N) is 2. The smallest absolute Gasteiger partial charge is 0.337 e. The fourth-order valence-corrected chi connectivity index (χ4v) is 3.45. The van der Waals surface area contributed by atoms with Crippen LogP contribution >= 0.6 is 11.8 Å². The van der Waals surface area contributed by atoms with Gasteiger partial charge in [0.25, 0.3) is 16.8 Å². The number of non-ortho nitro benzene ring substituents is 1. The van der Waals surface area contributed by atoms with Crippen molar-refractivity contribution in [3.8, 4) is 0 Å². The molecule has 1 aliphatic heterocycles. The minimum atomic E-state index is -0.530. The zero-order valence-electron chi connectivity index (χ0n) is 14.7. The van der Waals surface area contributed by atoms with Crippen LogP contribution in [-0.4, -0.2) is 34.0 Å². The average molecular weight is 398 g/mol. The maximum Gasteiger partial charge on any atom is 0.337 e. The van der Waals surface area contributed by atoms with Gasteiger partial charge in [-0.2, -0.15) is 0 Å². The molecule has 28 heavy (non-hydrogen) atoms. The number of esters is 1. The summed E-state index contributed by atoms with van der Waals surface area (Å²) in [6.07, 6.45) is 1.45. The number of imide groups is 1. The molecule has 1 aliphatic rings. The van der Waals surface area contributed by atoms with Crippen molar-refractivity contribution in [1.29, 1.82) is 0 Å². The summed E-state index contributed by atoms with van der Waals surface area (Å²) in [6, 6.07) is 12.3. The van der Waals surface area contributed by atoms with Gasteiger partial charge in [-0.1, -0.05) is 24.3 Å². The van der Waals surface area contributed by atoms with Gasteiger partial charge in [0, 0.05) is 12.1 Å². The standard InChI is InChI=1S/C19H14N2O6S/c1-27-18(23)14-6-2-5-13(8-14)11-20-17(22)16(28-19(20)24)10-12-4-3-7-15(9-12)21(25)26/h2-10H,11H2,1H3. The van der Waals surface area contributed by atoms with Gasteiger partial charge in [-0.25, -0.2) is 4.79 Å². The second kappa shape index (κ2) is 8.05. The highest BCUT2D eigenvalue weighted by Crippen LogP contribution is 2.33. The summed E-state index contributed by atoms with van der Waals surface area (Å²) >= 11 is 0.762. The van der Waals surface area contributed by atoms with Crippen molar-refractivity contribution in [2.45, 2.75) is 6.54 Å². The van der Waals surface area contributed by atoms with Crippen molar-refractivity contribution in [2.24, 2.45) is 0 Å². The first kappa shape index (κ1) is 19.3. The first-order valence-electron chi connectivity index (χ1n) is 8.06. The van der Waals surface area contributed by atoms with Crippen LogP contribution in [0.5, 0.6) is 0 Å². The molecule has 3 rings (SSSR count). The van der Waals surface area contributed by atoms with Crippen molar-refractivity contribution in [3.05, 3.63) is 80.2 Å². The molecule has 2 amide bonds. The number of thioether (sulfide) groups is 1. The second-order valence-corrected chi connectivity index (χ2v) is 6.81. The molecule has 0 spiro atoms. The molecule has 9 heteroatoms. The third kappa shape index (κ3) is 4.09. The Labute approximate surface area is 163 Å². The molecule has 0 atom stereocenters. The minimum absolute atomic E-state index is 0.00176. The molecule has 1 heterocycles. The van der Waals surface area contributed by atoms with E-state index in [4.69, 9.17) is 0 Å². The monoisotopic (exact) mass is 398 g/mol. The van der Waals surface area contributed by atoms with Crippen LogP contribution in [0.3, 0.4) is 0 Å². The highest BCUT2D eigenvalue weighted by molar-refractivity contribution is 8.18. The van der Waals surface area contributed by atoms with Gasteiger partial charge >= 0.3 is 5.97 Å². The molecule has 1 fully saturated rings. The molecule has 0 bridgehead atoms. The van der Waals surface area contributed by atoms with E-state index in [1.54, 1.807) is 30.3 Å². The number of carbonyl (C=O) groups excluding carboxylic acids is 3. The molecule has 0 N–H and O–H groups in total. The topological polar surface area (TPSA) is 107 Å². The van der Waals surface area contributed by atoms with E-state index in [9.17, 15) is 24.5 Å². The van der Waals surface area contributed by atoms with Gasteiger partial charge in [0.1, 0.15) is 0 Å². The quantitative estimate of drug-likeness (QED) is 0.328. The van der Waals surface area contributed by atoms with Gasteiger partial charge in [0.2, 0.25) is 0 Å². The number of rotatable bonds is 5. The zero-order chi connectivity index (χ0) is 20.3. The highest BCUT2D eigenvalue weighted by Gasteiger charge is 2.35. The SMILES string of the molecule is COC(=O)c1cccc(CN2C(=O)SC(=Cc3cccc([N+](=O)[O-])c3)C2=O)c1. The average Bonchev–Trinajstić information content (AvgIpc) is 2.95. The lowest BCUT2D eigenvalue weighted by Gasteiger charge is -2.13. The van der Waals surface area contributed by atoms with Gasteiger partial charge in [-0.15, -0.1) is 0 Å². The summed E-state index contributed by atoms with van der Waals surface area (Å²) in [7, 11) is 1.27. The number of nitro groups is 1. The van der Waals surface area contributed by atoms with Crippen molar-refractivity contribution >= 4 is 40.6 Å². The van der Waals surface area contributed by atoms with Crippen LogP contribution in [0.4, 0.5) is 10.5 Å². The normalized spacial score (nSPS) is 15.2. The predicted molar refractivity (Wildman–Crippen MR) is 102 cm³/mol. The van der Waals surface area contributed by atoms with Crippen LogP contribution in [0.1, 0.15) is 21.5 Å². The van der Waals surface area contributed by atoms with Gasteiger partial charge in [-0.05, 0) is 41.1 Å². The lowest BCUT2D eigenvalue weighted by atomic mass is 10.1. The Hall–Kier alpha value is -3.46. The molecule has 1 saturated heterocycles. The summed E-state index contributed by atoms with van der Waals surface area (Å²) < 4.78 is 4.67. The summed E-state index contributed by atoms with van der Waals surface area (Å²) in [6.45, 7) is 0.00176. The fraction of sp³-hybridized carbons (Fsp3) is 0.105. The molecule has 2 aromatic carbocycles. The van der Waals surface area contributed by atoms with Crippen molar-refractivity contribution in [3.63, 3.8) is 0 Å². The maximum absolute atomic E-state index is 12.6. The number of benzene rings is 2. The largest absolute Gasteiger partial charge is 0.465 e. The van der Waals surface area contributed by atoms with Gasteiger partial charge in [-0.3, -0.25) is 24.6 Å². The van der Waals surface area contributed by atoms with E-state index in [0.717, 1.165) is 16.7 Å². The second-order valence-electron chi connectivity index (χ2n) is 5.81. The van der Waals surface area contributed by atoms with Crippen LogP contribution in [-0.2, 0) is 16.1 Å². The first-order valence-corrected chi connectivity index (χ1v) is 8.88. The number of amides is 2. The Morgan fingerprint density at radius 1 is 1.21 bits per heavy atom. The van der Waals surface area contributed by atoms with Crippen LogP contribution in [0.25, 0.3) is 6.08 Å². The molecule has 0 saturated carbocycles. The van der Waals surface area contributed by atoms with Crippen molar-refractivity contribution in [2.75, 3.05) is 7.11 Å². The van der Waals surface area contributed by atoms with E-state index < -0.39 is 22.0 Å². The molecule has 8 nitrogen and oxygen atoms in total. The number of ether oxygens (including phenoxy) is 1. The highest BCUT2D eigenvalue weighted by atomic mass is 32.2. The van der Waals surface area contributed by atoms with Crippen molar-refractivity contribution in [1.82, 2.24) is 4.90 Å². The Bertz CT molecular complexity index is 1020. The Balaban J connectivity index is 1.81. The summed E-state index contributed by atoms with van der Waals surface area (Å²) in [5, 5.41) is 10.4. The lowest BCUT2D eigenvalue weighted by Crippen LogP contribution is -2.27. The number of methoxy groups -OCH3 is 1. The molecule has 0 aliphatic carbocycles. The molecule has 0 radical (unpaired) electrons. The molecule has 142 valence electrons. The molecular weight excluding hydrogens is 384 g/mol. The Kier molecular flexibility index (Phi) is 5.55. The third-order valence-electron chi connectivity index (χ3n) is 3.94. The fourth-order valence-electron chi connectivity index (χ4n) is 2.61. The number of carbonyl (C=O) groups is 3. The third-order valence-corrected chi connectivity index (χ3v) is 4.85. The maximum atomic E-state index is 12.6. The van der Waals surface area contributed by atoms with Crippen LogP contribution in [0, 0.1) is 10.1 Å². The van der Waals surface area contributed by atoms with Gasteiger partial charge in [0.05, 0.1) is 29.0 Å². The van der Waals surface area contributed by atoms with E-state index >= 15 is 0 Å². The first-order chi connectivity index (χ1) is 13.4. The van der Waals surface area contributed by atoms with E-state index in [-0.39, 0.29) is 17.1 Å². The van der Waals surface area contributed by atoms with Crippen molar-refractivity contribution < 1.29 is 24.0 Å². The van der Waals surface area contributed by atoms with Gasteiger partial charge < -0.3 is 4.74 Å². The number of hydrogen-bond donors (Lipinski definition) is 0. The van der Waals surface area contributed by atoms with E-state index in [1.807, 2.05) is 0 Å². The molecule has 0 aromatic heterocycles. The Morgan fingerprint density at radius 3 is 2.68 bits per heavy atom. The minimum Gasteiger partial charge on any atom is -0.465 e. The molecule has 2 aromatic rings. The Morgan fingerprint density at radius 2 is 1.96 bits per heavy atom. The van der Waals surface area contributed by atoms with Crippen LogP contribution < -0.4 is 0 Å². The van der Waals surface area contributed by atoms with E-state index in [0.29, 0.717) is 16.7 Å². The van der Waals surface area contributed by atoms with Crippen LogP contribution in [0.15, 0.2) is 53.4 Å². The van der Waals surface area contributed by atoms with Gasteiger partial charge in [0.15, 0.2) is 0 Å².